The van der Waals surface area contributed by atoms with E-state index in [-0.39, 0.29) is 11.8 Å². The molecule has 0 bridgehead atoms. The van der Waals surface area contributed by atoms with Crippen LogP contribution in [0.25, 0.3) is 16.6 Å². The summed E-state index contributed by atoms with van der Waals surface area (Å²) >= 11 is 3.44. The summed E-state index contributed by atoms with van der Waals surface area (Å²) in [6.07, 6.45) is 0.590. The third kappa shape index (κ3) is 2.58. The first-order valence-corrected chi connectivity index (χ1v) is 9.43. The molecule has 1 aliphatic heterocycles. The lowest BCUT2D eigenvalue weighted by atomic mass is 9.98. The second-order valence-electron chi connectivity index (χ2n) is 6.51. The summed E-state index contributed by atoms with van der Waals surface area (Å²) in [7, 11) is 1.64. The third-order valence-electron chi connectivity index (χ3n) is 4.92. The van der Waals surface area contributed by atoms with Crippen LogP contribution < -0.4 is 10.2 Å². The minimum atomic E-state index is -0.129. The number of halogens is 1. The molecule has 140 valence electrons. The Labute approximate surface area is 167 Å². The molecule has 0 radical (unpaired) electrons. The Morgan fingerprint density at radius 2 is 2.14 bits per heavy atom. The number of hydrogen-bond acceptors (Lipinski definition) is 7. The Morgan fingerprint density at radius 1 is 1.25 bits per heavy atom. The molecule has 0 saturated heterocycles. The van der Waals surface area contributed by atoms with Gasteiger partial charge in [0.2, 0.25) is 0 Å². The Hall–Kier alpha value is -3.20. The Morgan fingerprint density at radius 3 is 3.00 bits per heavy atom. The molecule has 8 nitrogen and oxygen atoms in total. The van der Waals surface area contributed by atoms with Gasteiger partial charge in [0.05, 0.1) is 24.4 Å². The van der Waals surface area contributed by atoms with Crippen molar-refractivity contribution in [1.82, 2.24) is 25.5 Å². The number of fused-ring (bicyclic) bond motifs is 3. The van der Waals surface area contributed by atoms with Crippen molar-refractivity contribution in [2.75, 3.05) is 7.11 Å². The van der Waals surface area contributed by atoms with Crippen LogP contribution in [0.2, 0.25) is 0 Å². The highest BCUT2D eigenvalue weighted by Gasteiger charge is 2.27. The van der Waals surface area contributed by atoms with Crippen LogP contribution in [0.5, 0.6) is 11.5 Å². The van der Waals surface area contributed by atoms with Crippen LogP contribution in [0, 0.1) is 0 Å². The van der Waals surface area contributed by atoms with Crippen molar-refractivity contribution in [2.45, 2.75) is 12.5 Å². The minimum Gasteiger partial charge on any atom is -0.507 e. The van der Waals surface area contributed by atoms with E-state index in [1.165, 1.54) is 0 Å². The van der Waals surface area contributed by atoms with Crippen molar-refractivity contribution in [1.29, 1.82) is 0 Å². The Balaban J connectivity index is 1.60. The van der Waals surface area contributed by atoms with Crippen LogP contribution >= 0.6 is 15.9 Å². The number of methoxy groups -OCH3 is 1. The first-order chi connectivity index (χ1) is 13.7. The van der Waals surface area contributed by atoms with E-state index in [2.05, 4.69) is 42.0 Å². The summed E-state index contributed by atoms with van der Waals surface area (Å²) < 4.78 is 8.11. The number of rotatable bonds is 3. The molecule has 28 heavy (non-hydrogen) atoms. The van der Waals surface area contributed by atoms with Gasteiger partial charge in [0.1, 0.15) is 11.5 Å². The molecule has 0 saturated carbocycles. The van der Waals surface area contributed by atoms with Gasteiger partial charge in [-0.25, -0.2) is 0 Å². The molecule has 5 rings (SSSR count). The number of nitrogens with one attached hydrogen (secondary N) is 1. The lowest BCUT2D eigenvalue weighted by Gasteiger charge is -2.14. The Bertz CT molecular complexity index is 1250. The van der Waals surface area contributed by atoms with Gasteiger partial charge in [-0.15, -0.1) is 5.10 Å². The topological polar surface area (TPSA) is 96.9 Å². The minimum absolute atomic E-state index is 0.129. The Kier molecular flexibility index (Phi) is 3.90. The largest absolute Gasteiger partial charge is 0.507 e. The molecule has 0 aliphatic carbocycles. The maximum absolute atomic E-state index is 10.2. The average molecular weight is 439 g/mol. The second kappa shape index (κ2) is 6.45. The van der Waals surface area contributed by atoms with Gasteiger partial charge in [-0.05, 0) is 46.8 Å². The quantitative estimate of drug-likeness (QED) is 0.509. The van der Waals surface area contributed by atoms with Gasteiger partial charge < -0.3 is 15.3 Å². The number of ether oxygens (including phenoxy) is 1. The number of hydrogen-bond donors (Lipinski definition) is 2. The van der Waals surface area contributed by atoms with Crippen LogP contribution in [0.15, 0.2) is 52.0 Å². The SMILES string of the molecule is COc1cccc2c1cc(C1CC(c3cc(Br)ccc3O)=NN1)c1nnnn12. The van der Waals surface area contributed by atoms with Gasteiger partial charge in [0.15, 0.2) is 5.65 Å². The number of benzene rings is 2. The zero-order valence-corrected chi connectivity index (χ0v) is 16.4. The maximum Gasteiger partial charge on any atom is 0.185 e. The van der Waals surface area contributed by atoms with Gasteiger partial charge in [0.25, 0.3) is 0 Å². The van der Waals surface area contributed by atoms with E-state index in [1.54, 1.807) is 23.8 Å². The molecule has 1 atom stereocenters. The van der Waals surface area contributed by atoms with Crippen molar-refractivity contribution in [3.63, 3.8) is 0 Å². The average Bonchev–Trinajstić information content (AvgIpc) is 3.38. The van der Waals surface area contributed by atoms with Gasteiger partial charge in [-0.2, -0.15) is 9.62 Å². The predicted molar refractivity (Wildman–Crippen MR) is 108 cm³/mol. The molecular formula is C19H15BrN6O2. The van der Waals surface area contributed by atoms with Gasteiger partial charge >= 0.3 is 0 Å². The number of nitrogens with zero attached hydrogens (tertiary/aromatic N) is 5. The van der Waals surface area contributed by atoms with E-state index in [4.69, 9.17) is 4.74 Å². The summed E-state index contributed by atoms with van der Waals surface area (Å²) in [5.41, 5.74) is 7.07. The molecule has 0 fully saturated rings. The van der Waals surface area contributed by atoms with Crippen LogP contribution in [-0.4, -0.2) is 38.0 Å². The van der Waals surface area contributed by atoms with E-state index < -0.39 is 0 Å². The van der Waals surface area contributed by atoms with E-state index >= 15 is 0 Å². The fourth-order valence-electron chi connectivity index (χ4n) is 3.58. The van der Waals surface area contributed by atoms with E-state index in [1.807, 2.05) is 30.3 Å². The maximum atomic E-state index is 10.2. The van der Waals surface area contributed by atoms with Crippen molar-refractivity contribution in [3.05, 3.63) is 58.1 Å². The second-order valence-corrected chi connectivity index (χ2v) is 7.43. The van der Waals surface area contributed by atoms with E-state index in [0.29, 0.717) is 17.6 Å². The number of tetrazole rings is 1. The number of aromatic nitrogens is 4. The van der Waals surface area contributed by atoms with Crippen LogP contribution in [0.1, 0.15) is 23.6 Å². The highest BCUT2D eigenvalue weighted by atomic mass is 79.9. The first-order valence-electron chi connectivity index (χ1n) is 8.64. The predicted octanol–water partition coefficient (Wildman–Crippen LogP) is 3.19. The molecule has 0 spiro atoms. The van der Waals surface area contributed by atoms with Crippen LogP contribution in [0.3, 0.4) is 0 Å². The molecular weight excluding hydrogens is 424 g/mol. The van der Waals surface area contributed by atoms with Gasteiger partial charge in [-0.3, -0.25) is 0 Å². The molecule has 2 N–H and O–H groups in total. The number of phenolic OH excluding ortho intramolecular Hbond substituents is 1. The van der Waals surface area contributed by atoms with Crippen molar-refractivity contribution in [3.8, 4) is 11.5 Å². The summed E-state index contributed by atoms with van der Waals surface area (Å²) in [6, 6.07) is 13.0. The first kappa shape index (κ1) is 16.9. The molecule has 0 amide bonds. The summed E-state index contributed by atoms with van der Waals surface area (Å²) in [6.45, 7) is 0. The van der Waals surface area contributed by atoms with Crippen LogP contribution in [0.4, 0.5) is 0 Å². The number of pyridine rings is 1. The van der Waals surface area contributed by atoms with E-state index in [9.17, 15) is 5.11 Å². The fourth-order valence-corrected chi connectivity index (χ4v) is 3.94. The van der Waals surface area contributed by atoms with Crippen molar-refractivity contribution >= 4 is 38.2 Å². The zero-order valence-electron chi connectivity index (χ0n) is 14.8. The van der Waals surface area contributed by atoms with E-state index in [0.717, 1.165) is 32.4 Å². The molecule has 4 aromatic rings. The molecule has 2 aromatic carbocycles. The monoisotopic (exact) mass is 438 g/mol. The lowest BCUT2D eigenvalue weighted by molar-refractivity contribution is 0.419. The molecule has 9 heteroatoms. The molecule has 2 aromatic heterocycles. The normalized spacial score (nSPS) is 16.4. The highest BCUT2D eigenvalue weighted by Crippen LogP contribution is 2.34. The lowest BCUT2D eigenvalue weighted by Crippen LogP contribution is -2.12. The standard InChI is InChI=1S/C19H15BrN6O2/c1-28-18-4-2-3-16-13(18)8-12(19-23-24-25-26(16)19)15-9-14(21-22-15)11-7-10(20)5-6-17(11)27/h2-8,15,22,27H,9H2,1H3. The molecule has 1 aliphatic rings. The van der Waals surface area contributed by atoms with Gasteiger partial charge in [0, 0.05) is 27.4 Å². The van der Waals surface area contributed by atoms with Crippen molar-refractivity contribution < 1.29 is 9.84 Å². The fraction of sp³-hybridized carbons (Fsp3) is 0.158. The number of phenols is 1. The zero-order chi connectivity index (χ0) is 19.3. The summed E-state index contributed by atoms with van der Waals surface area (Å²) in [5.74, 6) is 0.943. The highest BCUT2D eigenvalue weighted by molar-refractivity contribution is 9.10. The van der Waals surface area contributed by atoms with Crippen LogP contribution in [-0.2, 0) is 0 Å². The molecule has 3 heterocycles. The molecule has 1 unspecified atom stereocenters. The third-order valence-corrected chi connectivity index (χ3v) is 5.41. The summed E-state index contributed by atoms with van der Waals surface area (Å²) in [5, 5.41) is 27.8. The smallest absolute Gasteiger partial charge is 0.185 e. The van der Waals surface area contributed by atoms with Crippen molar-refractivity contribution in [2.24, 2.45) is 5.10 Å². The summed E-state index contributed by atoms with van der Waals surface area (Å²) in [4.78, 5) is 0. The number of hydrazone groups is 1. The number of aromatic hydroxyl groups is 1. The van der Waals surface area contributed by atoms with Gasteiger partial charge in [-0.1, -0.05) is 22.0 Å².